The molecule has 0 aliphatic carbocycles. The van der Waals surface area contributed by atoms with Gasteiger partial charge in [-0.05, 0) is 36.8 Å². The van der Waals surface area contributed by atoms with Crippen molar-refractivity contribution in [3.05, 3.63) is 96.3 Å². The standard InChI is InChI=1S/C25H24N4O2S/c1-2-29-23(17-19-11-5-3-6-12-19)27-28-25(29)32-18-24(30)26-21-15-9-10-16-22(21)31-20-13-7-4-8-14-20/h3-16H,2,17-18H2,1H3,(H,26,30). The number of amides is 1. The zero-order chi connectivity index (χ0) is 22.2. The van der Waals surface area contributed by atoms with Crippen LogP contribution < -0.4 is 10.1 Å². The third-order valence-corrected chi connectivity index (χ3v) is 5.75. The number of nitrogens with one attached hydrogen (secondary N) is 1. The Kier molecular flexibility index (Phi) is 7.19. The van der Waals surface area contributed by atoms with Gasteiger partial charge in [-0.15, -0.1) is 10.2 Å². The summed E-state index contributed by atoms with van der Waals surface area (Å²) in [6, 6.07) is 27.1. The number of benzene rings is 3. The SMILES string of the molecule is CCn1c(Cc2ccccc2)nnc1SCC(=O)Nc1ccccc1Oc1ccccc1. The zero-order valence-electron chi connectivity index (χ0n) is 17.8. The van der Waals surface area contributed by atoms with Crippen LogP contribution in [0.15, 0.2) is 90.1 Å². The van der Waals surface area contributed by atoms with Crippen molar-refractivity contribution in [2.24, 2.45) is 0 Å². The lowest BCUT2D eigenvalue weighted by molar-refractivity contribution is -0.113. The lowest BCUT2D eigenvalue weighted by Gasteiger charge is -2.12. The van der Waals surface area contributed by atoms with Crippen LogP contribution in [0.4, 0.5) is 5.69 Å². The van der Waals surface area contributed by atoms with Crippen LogP contribution in [-0.2, 0) is 17.8 Å². The van der Waals surface area contributed by atoms with Gasteiger partial charge < -0.3 is 14.6 Å². The number of carbonyl (C=O) groups excluding carboxylic acids is 1. The molecule has 0 unspecified atom stereocenters. The van der Waals surface area contributed by atoms with Crippen LogP contribution in [-0.4, -0.2) is 26.4 Å². The molecule has 7 heteroatoms. The summed E-state index contributed by atoms with van der Waals surface area (Å²) in [7, 11) is 0. The second kappa shape index (κ2) is 10.6. The number of thioether (sulfide) groups is 1. The van der Waals surface area contributed by atoms with Gasteiger partial charge in [-0.2, -0.15) is 0 Å². The van der Waals surface area contributed by atoms with E-state index in [1.807, 2.05) is 72.8 Å². The van der Waals surface area contributed by atoms with E-state index in [9.17, 15) is 4.79 Å². The van der Waals surface area contributed by atoms with E-state index in [1.54, 1.807) is 0 Å². The van der Waals surface area contributed by atoms with Crippen molar-refractivity contribution < 1.29 is 9.53 Å². The topological polar surface area (TPSA) is 69.0 Å². The molecule has 0 atom stereocenters. The summed E-state index contributed by atoms with van der Waals surface area (Å²) in [5.41, 5.74) is 1.81. The van der Waals surface area contributed by atoms with E-state index in [-0.39, 0.29) is 11.7 Å². The van der Waals surface area contributed by atoms with Crippen LogP contribution in [0.3, 0.4) is 0 Å². The molecule has 0 fully saturated rings. The van der Waals surface area contributed by atoms with E-state index in [1.165, 1.54) is 17.3 Å². The Hall–Kier alpha value is -3.58. The third kappa shape index (κ3) is 5.56. The second-order valence-electron chi connectivity index (χ2n) is 7.05. The van der Waals surface area contributed by atoms with Crippen molar-refractivity contribution in [3.63, 3.8) is 0 Å². The normalized spacial score (nSPS) is 10.7. The molecule has 4 aromatic rings. The summed E-state index contributed by atoms with van der Waals surface area (Å²) >= 11 is 1.38. The van der Waals surface area contributed by atoms with E-state index in [0.29, 0.717) is 23.6 Å². The van der Waals surface area contributed by atoms with E-state index in [4.69, 9.17) is 4.74 Å². The minimum absolute atomic E-state index is 0.130. The molecule has 0 saturated carbocycles. The van der Waals surface area contributed by atoms with Crippen molar-refractivity contribution in [1.82, 2.24) is 14.8 Å². The molecule has 0 aliphatic rings. The molecule has 32 heavy (non-hydrogen) atoms. The molecule has 3 aromatic carbocycles. The molecule has 4 rings (SSSR count). The fourth-order valence-electron chi connectivity index (χ4n) is 3.24. The van der Waals surface area contributed by atoms with Crippen molar-refractivity contribution in [2.45, 2.75) is 25.0 Å². The summed E-state index contributed by atoms with van der Waals surface area (Å²) in [4.78, 5) is 12.6. The summed E-state index contributed by atoms with van der Waals surface area (Å²) in [5, 5.41) is 12.3. The Balaban J connectivity index is 1.39. The number of hydrogen-bond donors (Lipinski definition) is 1. The maximum absolute atomic E-state index is 12.6. The molecular formula is C25H24N4O2S. The highest BCUT2D eigenvalue weighted by Gasteiger charge is 2.15. The Morgan fingerprint density at radius 1 is 0.938 bits per heavy atom. The van der Waals surface area contributed by atoms with Crippen LogP contribution in [0.25, 0.3) is 0 Å². The predicted octanol–water partition coefficient (Wildman–Crippen LogP) is 5.41. The number of para-hydroxylation sites is 3. The van der Waals surface area contributed by atoms with E-state index >= 15 is 0 Å². The monoisotopic (exact) mass is 444 g/mol. The first-order valence-electron chi connectivity index (χ1n) is 10.4. The Morgan fingerprint density at radius 3 is 2.38 bits per heavy atom. The van der Waals surface area contributed by atoms with Crippen molar-refractivity contribution in [1.29, 1.82) is 0 Å². The largest absolute Gasteiger partial charge is 0.455 e. The lowest BCUT2D eigenvalue weighted by atomic mass is 10.1. The molecule has 1 aromatic heterocycles. The van der Waals surface area contributed by atoms with Crippen LogP contribution >= 0.6 is 11.8 Å². The molecule has 0 radical (unpaired) electrons. The Labute approximate surface area is 191 Å². The highest BCUT2D eigenvalue weighted by atomic mass is 32.2. The number of carbonyl (C=O) groups is 1. The van der Waals surface area contributed by atoms with Crippen molar-refractivity contribution in [3.8, 4) is 11.5 Å². The van der Waals surface area contributed by atoms with Gasteiger partial charge in [0.05, 0.1) is 11.4 Å². The fourth-order valence-corrected chi connectivity index (χ4v) is 4.06. The average molecular weight is 445 g/mol. The summed E-state index contributed by atoms with van der Waals surface area (Å²) < 4.78 is 7.97. The minimum Gasteiger partial charge on any atom is -0.455 e. The maximum atomic E-state index is 12.6. The molecule has 0 saturated heterocycles. The summed E-state index contributed by atoms with van der Waals surface area (Å²) in [6.07, 6.45) is 0.707. The molecule has 6 nitrogen and oxygen atoms in total. The van der Waals surface area contributed by atoms with E-state index in [0.717, 1.165) is 17.5 Å². The molecular weight excluding hydrogens is 420 g/mol. The fraction of sp³-hybridized carbons (Fsp3) is 0.160. The van der Waals surface area contributed by atoms with Gasteiger partial charge >= 0.3 is 0 Å². The number of rotatable bonds is 9. The molecule has 0 spiro atoms. The van der Waals surface area contributed by atoms with Gasteiger partial charge in [0, 0.05) is 13.0 Å². The number of anilines is 1. The number of ether oxygens (including phenoxy) is 1. The Bertz CT molecular complexity index is 1160. The molecule has 0 bridgehead atoms. The smallest absolute Gasteiger partial charge is 0.234 e. The molecule has 162 valence electrons. The van der Waals surface area contributed by atoms with Crippen LogP contribution in [0.2, 0.25) is 0 Å². The quantitative estimate of drug-likeness (QED) is 0.350. The van der Waals surface area contributed by atoms with Gasteiger partial charge in [-0.25, -0.2) is 0 Å². The first-order valence-corrected chi connectivity index (χ1v) is 11.4. The maximum Gasteiger partial charge on any atom is 0.234 e. The molecule has 1 heterocycles. The van der Waals surface area contributed by atoms with Gasteiger partial charge in [0.15, 0.2) is 10.9 Å². The molecule has 0 aliphatic heterocycles. The minimum atomic E-state index is -0.130. The second-order valence-corrected chi connectivity index (χ2v) is 8.00. The van der Waals surface area contributed by atoms with Gasteiger partial charge in [0.2, 0.25) is 5.91 Å². The van der Waals surface area contributed by atoms with Crippen molar-refractivity contribution >= 4 is 23.4 Å². The van der Waals surface area contributed by atoms with Crippen LogP contribution in [0, 0.1) is 0 Å². The third-order valence-electron chi connectivity index (χ3n) is 4.78. The van der Waals surface area contributed by atoms with Crippen molar-refractivity contribution in [2.75, 3.05) is 11.1 Å². The molecule has 1 N–H and O–H groups in total. The highest BCUT2D eigenvalue weighted by Crippen LogP contribution is 2.29. The lowest BCUT2D eigenvalue weighted by Crippen LogP contribution is -2.15. The van der Waals surface area contributed by atoms with Gasteiger partial charge in [-0.3, -0.25) is 4.79 Å². The van der Waals surface area contributed by atoms with Gasteiger partial charge in [-0.1, -0.05) is 72.4 Å². The first-order chi connectivity index (χ1) is 15.7. The zero-order valence-corrected chi connectivity index (χ0v) is 18.6. The van der Waals surface area contributed by atoms with Crippen LogP contribution in [0.1, 0.15) is 18.3 Å². The number of nitrogens with zero attached hydrogens (tertiary/aromatic N) is 3. The highest BCUT2D eigenvalue weighted by molar-refractivity contribution is 7.99. The predicted molar refractivity (Wildman–Crippen MR) is 127 cm³/mol. The summed E-state index contributed by atoms with van der Waals surface area (Å²) in [5.74, 6) is 2.30. The first kappa shape index (κ1) is 21.6. The number of hydrogen-bond acceptors (Lipinski definition) is 5. The number of aromatic nitrogens is 3. The van der Waals surface area contributed by atoms with E-state index < -0.39 is 0 Å². The Morgan fingerprint density at radius 2 is 1.62 bits per heavy atom. The van der Waals surface area contributed by atoms with Gasteiger partial charge in [0.25, 0.3) is 0 Å². The van der Waals surface area contributed by atoms with Gasteiger partial charge in [0.1, 0.15) is 11.6 Å². The summed E-state index contributed by atoms with van der Waals surface area (Å²) in [6.45, 7) is 2.80. The van der Waals surface area contributed by atoms with E-state index in [2.05, 4.69) is 39.1 Å². The average Bonchev–Trinajstić information content (AvgIpc) is 3.21. The van der Waals surface area contributed by atoms with Crippen LogP contribution in [0.5, 0.6) is 11.5 Å². The molecule has 1 amide bonds.